The first-order valence-electron chi connectivity index (χ1n) is 14.1. The summed E-state index contributed by atoms with van der Waals surface area (Å²) in [4.78, 5) is 33.6. The second kappa shape index (κ2) is 9.39. The Morgan fingerprint density at radius 1 is 1.16 bits per heavy atom. The van der Waals surface area contributed by atoms with E-state index in [2.05, 4.69) is 54.2 Å². The number of nitriles is 1. The molecule has 1 unspecified atom stereocenters. The summed E-state index contributed by atoms with van der Waals surface area (Å²) in [6.45, 7) is 8.74. The first kappa shape index (κ1) is 24.9. The number of aromatic nitrogens is 1. The van der Waals surface area contributed by atoms with Crippen LogP contribution in [0.1, 0.15) is 91.2 Å². The molecule has 1 aliphatic heterocycles. The number of H-pyrrole nitrogens is 1. The van der Waals surface area contributed by atoms with Crippen LogP contribution in [0.5, 0.6) is 0 Å². The summed E-state index contributed by atoms with van der Waals surface area (Å²) < 4.78 is 0. The maximum Gasteiger partial charge on any atom is 0.195 e. The van der Waals surface area contributed by atoms with Crippen molar-refractivity contribution in [1.82, 2.24) is 10.3 Å². The van der Waals surface area contributed by atoms with Gasteiger partial charge in [0.05, 0.1) is 17.2 Å². The number of Topliss-reactive ketones (excluding diaryl/α,β-unsaturated/α-hetero) is 1. The Hall–Kier alpha value is -3.43. The van der Waals surface area contributed by atoms with Crippen molar-refractivity contribution < 1.29 is 9.59 Å². The largest absolute Gasteiger partial charge is 0.359 e. The quantitative estimate of drug-likeness (QED) is 0.493. The van der Waals surface area contributed by atoms with E-state index in [0.717, 1.165) is 84.2 Å². The predicted molar refractivity (Wildman–Crippen MR) is 150 cm³/mol. The molecule has 0 amide bonds. The SMILES string of the molecule is CCc1cc2c(cc1N1CCNCC1C(=O)C1CCCCC1)C(C)(C)c1[nH]c3cc(C#N)ccc3c1C2=O. The molecule has 0 radical (unpaired) electrons. The molecule has 2 fully saturated rings. The van der Waals surface area contributed by atoms with Gasteiger partial charge in [-0.15, -0.1) is 0 Å². The van der Waals surface area contributed by atoms with Gasteiger partial charge in [0.1, 0.15) is 6.04 Å². The summed E-state index contributed by atoms with van der Waals surface area (Å²) in [5.74, 6) is 0.559. The first-order valence-corrected chi connectivity index (χ1v) is 14.1. The van der Waals surface area contributed by atoms with Gasteiger partial charge in [-0.3, -0.25) is 9.59 Å². The molecule has 6 rings (SSSR count). The molecule has 2 aromatic carbocycles. The highest BCUT2D eigenvalue weighted by atomic mass is 16.1. The summed E-state index contributed by atoms with van der Waals surface area (Å²) in [7, 11) is 0. The maximum absolute atomic E-state index is 14.0. The molecule has 2 aliphatic carbocycles. The van der Waals surface area contributed by atoms with Crippen molar-refractivity contribution in [3.63, 3.8) is 0 Å². The van der Waals surface area contributed by atoms with Gasteiger partial charge in [0.25, 0.3) is 0 Å². The van der Waals surface area contributed by atoms with Crippen molar-refractivity contribution in [3.05, 3.63) is 63.8 Å². The van der Waals surface area contributed by atoms with Crippen LogP contribution in [0.4, 0.5) is 5.69 Å². The number of aromatic amines is 1. The molecule has 3 aliphatic rings. The van der Waals surface area contributed by atoms with Gasteiger partial charge in [-0.2, -0.15) is 5.26 Å². The average Bonchev–Trinajstić information content (AvgIpc) is 3.35. The van der Waals surface area contributed by atoms with Crippen LogP contribution < -0.4 is 10.2 Å². The van der Waals surface area contributed by atoms with Crippen LogP contribution in [0, 0.1) is 17.2 Å². The number of hydrogen-bond acceptors (Lipinski definition) is 5. The summed E-state index contributed by atoms with van der Waals surface area (Å²) >= 11 is 0. The lowest BCUT2D eigenvalue weighted by molar-refractivity contribution is -0.125. The Morgan fingerprint density at radius 2 is 1.95 bits per heavy atom. The smallest absolute Gasteiger partial charge is 0.195 e. The second-order valence-electron chi connectivity index (χ2n) is 11.7. The second-order valence-corrected chi connectivity index (χ2v) is 11.7. The van der Waals surface area contributed by atoms with Crippen molar-refractivity contribution in [3.8, 4) is 6.07 Å². The van der Waals surface area contributed by atoms with Crippen LogP contribution in [0.15, 0.2) is 30.3 Å². The summed E-state index contributed by atoms with van der Waals surface area (Å²) in [6.07, 6.45) is 6.33. The number of carbonyl (C=O) groups excluding carboxylic acids is 2. The summed E-state index contributed by atoms with van der Waals surface area (Å²) in [5.41, 5.74) is 6.51. The number of ketones is 2. The molecule has 0 bridgehead atoms. The van der Waals surface area contributed by atoms with E-state index < -0.39 is 5.41 Å². The van der Waals surface area contributed by atoms with E-state index in [9.17, 15) is 14.9 Å². The molecule has 1 atom stereocenters. The predicted octanol–water partition coefficient (Wildman–Crippen LogP) is 5.40. The van der Waals surface area contributed by atoms with Gasteiger partial charge in [0.2, 0.25) is 0 Å². The van der Waals surface area contributed by atoms with Crippen molar-refractivity contribution in [2.24, 2.45) is 5.92 Å². The average molecular weight is 509 g/mol. The maximum atomic E-state index is 14.0. The number of fused-ring (bicyclic) bond motifs is 4. The lowest BCUT2D eigenvalue weighted by Gasteiger charge is -2.41. The minimum atomic E-state index is -0.442. The molecule has 2 N–H and O–H groups in total. The highest BCUT2D eigenvalue weighted by molar-refractivity contribution is 6.20. The molecule has 1 saturated heterocycles. The monoisotopic (exact) mass is 508 g/mol. The zero-order valence-electron chi connectivity index (χ0n) is 22.6. The van der Waals surface area contributed by atoms with E-state index in [1.54, 1.807) is 6.07 Å². The highest BCUT2D eigenvalue weighted by Crippen LogP contribution is 2.46. The lowest BCUT2D eigenvalue weighted by Crippen LogP contribution is -2.57. The number of nitrogens with one attached hydrogen (secondary N) is 2. The first-order chi connectivity index (χ1) is 18.3. The minimum absolute atomic E-state index is 0.0293. The number of nitrogens with zero attached hydrogens (tertiary/aromatic N) is 2. The van der Waals surface area contributed by atoms with E-state index in [4.69, 9.17) is 0 Å². The van der Waals surface area contributed by atoms with Gasteiger partial charge in [-0.05, 0) is 54.7 Å². The Labute approximate surface area is 224 Å². The van der Waals surface area contributed by atoms with Crippen LogP contribution in [0.25, 0.3) is 10.9 Å². The van der Waals surface area contributed by atoms with Gasteiger partial charge in [0.15, 0.2) is 11.6 Å². The number of hydrogen-bond donors (Lipinski definition) is 2. The lowest BCUT2D eigenvalue weighted by atomic mass is 9.70. The van der Waals surface area contributed by atoms with E-state index >= 15 is 0 Å². The molecule has 6 nitrogen and oxygen atoms in total. The molecule has 0 spiro atoms. The zero-order valence-corrected chi connectivity index (χ0v) is 22.6. The third-order valence-electron chi connectivity index (χ3n) is 9.19. The molecule has 2 heterocycles. The Morgan fingerprint density at radius 3 is 2.68 bits per heavy atom. The summed E-state index contributed by atoms with van der Waals surface area (Å²) in [5, 5.41) is 13.7. The molecular weight excluding hydrogens is 472 g/mol. The van der Waals surface area contributed by atoms with Gasteiger partial charge >= 0.3 is 0 Å². The number of benzene rings is 2. The molecular formula is C32H36N4O2. The van der Waals surface area contributed by atoms with Crippen LogP contribution in [0.3, 0.4) is 0 Å². The molecule has 38 heavy (non-hydrogen) atoms. The third-order valence-corrected chi connectivity index (χ3v) is 9.19. The third kappa shape index (κ3) is 3.79. The Bertz CT molecular complexity index is 1490. The molecule has 196 valence electrons. The summed E-state index contributed by atoms with van der Waals surface area (Å²) in [6, 6.07) is 11.8. The van der Waals surface area contributed by atoms with Crippen LogP contribution in [0.2, 0.25) is 0 Å². The highest BCUT2D eigenvalue weighted by Gasteiger charge is 2.42. The fourth-order valence-corrected chi connectivity index (χ4v) is 7.04. The van der Waals surface area contributed by atoms with E-state index in [1.807, 2.05) is 12.1 Å². The molecule has 1 aromatic heterocycles. The van der Waals surface area contributed by atoms with Gasteiger partial charge < -0.3 is 15.2 Å². The van der Waals surface area contributed by atoms with Crippen LogP contribution in [-0.4, -0.2) is 42.2 Å². The fourth-order valence-electron chi connectivity index (χ4n) is 7.04. The van der Waals surface area contributed by atoms with Crippen molar-refractivity contribution >= 4 is 28.2 Å². The van der Waals surface area contributed by atoms with Gasteiger partial charge in [-0.25, -0.2) is 0 Å². The fraction of sp³-hybridized carbons (Fsp3) is 0.469. The number of carbonyl (C=O) groups is 2. The van der Waals surface area contributed by atoms with Crippen molar-refractivity contribution in [2.45, 2.75) is 70.8 Å². The van der Waals surface area contributed by atoms with Gasteiger partial charge in [0, 0.05) is 58.8 Å². The van der Waals surface area contributed by atoms with E-state index in [-0.39, 0.29) is 17.7 Å². The normalized spacial score (nSPS) is 21.2. The minimum Gasteiger partial charge on any atom is -0.359 e. The van der Waals surface area contributed by atoms with Crippen LogP contribution in [-0.2, 0) is 16.6 Å². The van der Waals surface area contributed by atoms with Gasteiger partial charge in [-0.1, -0.05) is 46.1 Å². The topological polar surface area (TPSA) is 89.0 Å². The number of aryl methyl sites for hydroxylation is 1. The number of rotatable bonds is 4. The Balaban J connectivity index is 1.46. The molecule has 3 aromatic rings. The Kier molecular flexibility index (Phi) is 6.15. The van der Waals surface area contributed by atoms with Crippen LogP contribution >= 0.6 is 0 Å². The zero-order chi connectivity index (χ0) is 26.6. The molecule has 1 saturated carbocycles. The van der Waals surface area contributed by atoms with E-state index in [0.29, 0.717) is 23.5 Å². The van der Waals surface area contributed by atoms with Crippen molar-refractivity contribution in [2.75, 3.05) is 24.5 Å². The standard InChI is InChI=1S/C32H36N4O2/c1-4-20-15-23-24(16-26(20)36-13-12-34-18-27(36)29(37)21-8-6-5-7-9-21)32(2,3)31-28(30(23)38)22-11-10-19(17-33)14-25(22)35-31/h10-11,14-16,21,27,34-35H,4-9,12-13,18H2,1-3H3. The number of anilines is 1. The number of piperazine rings is 1. The van der Waals surface area contributed by atoms with E-state index in [1.165, 1.54) is 6.42 Å². The van der Waals surface area contributed by atoms with Crippen molar-refractivity contribution in [1.29, 1.82) is 5.26 Å². The molecule has 6 heteroatoms.